The molecule has 2 nitrogen and oxygen atoms in total. The highest BCUT2D eigenvalue weighted by molar-refractivity contribution is 6.99. The predicted molar refractivity (Wildman–Crippen MR) is 161 cm³/mol. The quantitative estimate of drug-likeness (QED) is 0.241. The van der Waals surface area contributed by atoms with Gasteiger partial charge in [0.05, 0.1) is 0 Å². The Balaban J connectivity index is 1.44. The highest BCUT2D eigenvalue weighted by Gasteiger charge is 2.43. The van der Waals surface area contributed by atoms with Crippen molar-refractivity contribution in [2.45, 2.75) is 47.0 Å². The van der Waals surface area contributed by atoms with Gasteiger partial charge in [-0.15, -0.1) is 0 Å². The number of hydrogen-bond donors (Lipinski definition) is 0. The van der Waals surface area contributed by atoms with Crippen molar-refractivity contribution in [1.29, 1.82) is 0 Å². The number of aryl methyl sites for hydroxylation is 1. The summed E-state index contributed by atoms with van der Waals surface area (Å²) in [6.07, 6.45) is 5.93. The number of ether oxygens (including phenoxy) is 1. The van der Waals surface area contributed by atoms with Crippen LogP contribution in [0.3, 0.4) is 0 Å². The van der Waals surface area contributed by atoms with Gasteiger partial charge in [0.1, 0.15) is 11.5 Å². The second-order valence-electron chi connectivity index (χ2n) is 11.8. The van der Waals surface area contributed by atoms with Gasteiger partial charge in [0.2, 0.25) is 0 Å². The molecular formula is C35H34BNO. The summed E-state index contributed by atoms with van der Waals surface area (Å²) in [5.41, 5.74) is 12.0. The van der Waals surface area contributed by atoms with Gasteiger partial charge < -0.3 is 9.64 Å². The topological polar surface area (TPSA) is 12.5 Å². The van der Waals surface area contributed by atoms with Gasteiger partial charge in [-0.3, -0.25) is 0 Å². The molecule has 38 heavy (non-hydrogen) atoms. The molecule has 4 aromatic carbocycles. The fraction of sp³-hybridized carbons (Fsp3) is 0.257. The Hall–Kier alpha value is -3.72. The summed E-state index contributed by atoms with van der Waals surface area (Å²) in [5, 5.41) is 0. The predicted octanol–water partition coefficient (Wildman–Crippen LogP) is 7.47. The van der Waals surface area contributed by atoms with Gasteiger partial charge in [-0.2, -0.15) is 0 Å². The van der Waals surface area contributed by atoms with E-state index in [9.17, 15) is 0 Å². The van der Waals surface area contributed by atoms with E-state index in [1.807, 2.05) is 0 Å². The lowest BCUT2D eigenvalue weighted by Crippen LogP contribution is -2.60. The summed E-state index contributed by atoms with van der Waals surface area (Å²) in [7, 11) is 0. The molecule has 0 radical (unpaired) electrons. The van der Waals surface area contributed by atoms with Crippen LogP contribution in [0, 0.1) is 18.3 Å². The lowest BCUT2D eigenvalue weighted by Gasteiger charge is -2.45. The summed E-state index contributed by atoms with van der Waals surface area (Å²) in [5.74, 6) is 2.57. The summed E-state index contributed by atoms with van der Waals surface area (Å²) in [4.78, 5) is 2.55. The van der Waals surface area contributed by atoms with Crippen LogP contribution in [0.2, 0.25) is 0 Å². The fourth-order valence-electron chi connectivity index (χ4n) is 6.80. The minimum atomic E-state index is 0.141. The first-order chi connectivity index (χ1) is 18.5. The van der Waals surface area contributed by atoms with Crippen molar-refractivity contribution in [3.05, 3.63) is 102 Å². The van der Waals surface area contributed by atoms with E-state index in [1.165, 1.54) is 56.6 Å². The van der Waals surface area contributed by atoms with Gasteiger partial charge in [-0.25, -0.2) is 0 Å². The molecule has 7 rings (SSSR count). The van der Waals surface area contributed by atoms with Crippen LogP contribution in [0.25, 0.3) is 11.1 Å². The van der Waals surface area contributed by atoms with E-state index >= 15 is 0 Å². The lowest BCUT2D eigenvalue weighted by atomic mass is 9.34. The second kappa shape index (κ2) is 8.66. The van der Waals surface area contributed by atoms with Crippen LogP contribution < -0.4 is 26.0 Å². The first-order valence-electron chi connectivity index (χ1n) is 14.1. The Labute approximate surface area is 227 Å². The van der Waals surface area contributed by atoms with Crippen LogP contribution in [0.15, 0.2) is 96.7 Å². The molecule has 0 bridgehead atoms. The van der Waals surface area contributed by atoms with Crippen molar-refractivity contribution in [1.82, 2.24) is 0 Å². The molecular weight excluding hydrogens is 461 g/mol. The number of anilines is 2. The molecule has 2 aliphatic heterocycles. The minimum Gasteiger partial charge on any atom is -0.458 e. The third-order valence-corrected chi connectivity index (χ3v) is 9.56. The van der Waals surface area contributed by atoms with Gasteiger partial charge in [-0.05, 0) is 82.9 Å². The number of fused-ring (bicyclic) bond motifs is 4. The summed E-state index contributed by atoms with van der Waals surface area (Å²) in [6, 6.07) is 31.0. The van der Waals surface area contributed by atoms with Crippen molar-refractivity contribution in [2.75, 3.05) is 4.90 Å². The maximum Gasteiger partial charge on any atom is 0.256 e. The molecule has 2 unspecified atom stereocenters. The van der Waals surface area contributed by atoms with Crippen LogP contribution in [-0.4, -0.2) is 6.71 Å². The zero-order valence-electron chi connectivity index (χ0n) is 22.8. The Morgan fingerprint density at radius 2 is 1.71 bits per heavy atom. The Morgan fingerprint density at radius 3 is 2.50 bits per heavy atom. The Kier molecular flexibility index (Phi) is 5.34. The minimum absolute atomic E-state index is 0.141. The smallest absolute Gasteiger partial charge is 0.256 e. The molecule has 3 aliphatic rings. The average molecular weight is 495 g/mol. The third kappa shape index (κ3) is 3.48. The number of rotatable bonds is 3. The van der Waals surface area contributed by atoms with E-state index < -0.39 is 0 Å². The largest absolute Gasteiger partial charge is 0.458 e. The van der Waals surface area contributed by atoms with E-state index in [0.717, 1.165) is 24.3 Å². The van der Waals surface area contributed by atoms with E-state index in [2.05, 4.69) is 124 Å². The van der Waals surface area contributed by atoms with Crippen LogP contribution in [0.4, 0.5) is 11.4 Å². The highest BCUT2D eigenvalue weighted by atomic mass is 16.5. The molecule has 4 aromatic rings. The van der Waals surface area contributed by atoms with Crippen molar-refractivity contribution in [3.8, 4) is 22.6 Å². The lowest BCUT2D eigenvalue weighted by molar-refractivity contribution is 0.181. The van der Waals surface area contributed by atoms with Crippen LogP contribution in [0.5, 0.6) is 11.5 Å². The molecule has 188 valence electrons. The number of benzene rings is 4. The summed E-state index contributed by atoms with van der Waals surface area (Å²) in [6.45, 7) is 9.58. The zero-order valence-corrected chi connectivity index (χ0v) is 22.8. The maximum atomic E-state index is 6.62. The molecule has 0 fully saturated rings. The molecule has 0 saturated carbocycles. The molecule has 0 aromatic heterocycles. The van der Waals surface area contributed by atoms with Gasteiger partial charge in [0.15, 0.2) is 0 Å². The molecule has 0 spiro atoms. The standard InChI is InChI=1S/C35H34BNO/c1-5-35(4)19-18-27(21-24(35)3)37-30-16-14-23(2)20-28(30)36-29-22-26(25-10-7-6-8-11-25)15-17-32(29)38-33-13-9-12-31(37)34(33)36/h6-18,20,22,24H,5,19,21H2,1-4H3. The molecule has 2 heterocycles. The van der Waals surface area contributed by atoms with E-state index in [1.54, 1.807) is 0 Å². The van der Waals surface area contributed by atoms with Gasteiger partial charge in [0, 0.05) is 17.1 Å². The number of allylic oxidation sites excluding steroid dienone is 2. The molecule has 0 N–H and O–H groups in total. The Bertz CT molecular complexity index is 1590. The SMILES string of the molecule is CCC1(C)CC=C(N2c3ccc(C)cc3B3c4cc(-c5ccccc5)ccc4Oc4cccc2c43)CC1C. The summed E-state index contributed by atoms with van der Waals surface area (Å²) < 4.78 is 6.62. The first-order valence-corrected chi connectivity index (χ1v) is 14.1. The van der Waals surface area contributed by atoms with E-state index in [-0.39, 0.29) is 6.71 Å². The number of hydrogen-bond acceptors (Lipinski definition) is 2. The maximum absolute atomic E-state index is 6.62. The van der Waals surface area contributed by atoms with Gasteiger partial charge in [0.25, 0.3) is 6.71 Å². The fourth-order valence-corrected chi connectivity index (χ4v) is 6.80. The molecule has 1 aliphatic carbocycles. The van der Waals surface area contributed by atoms with Crippen LogP contribution >= 0.6 is 0 Å². The first kappa shape index (κ1) is 23.4. The third-order valence-electron chi connectivity index (χ3n) is 9.56. The summed E-state index contributed by atoms with van der Waals surface area (Å²) >= 11 is 0. The van der Waals surface area contributed by atoms with Crippen LogP contribution in [0.1, 0.15) is 45.6 Å². The van der Waals surface area contributed by atoms with Crippen molar-refractivity contribution in [3.63, 3.8) is 0 Å². The highest BCUT2D eigenvalue weighted by Crippen LogP contribution is 2.47. The van der Waals surface area contributed by atoms with Crippen molar-refractivity contribution >= 4 is 34.5 Å². The molecule has 0 amide bonds. The average Bonchev–Trinajstić information content (AvgIpc) is 2.95. The molecule has 3 heteroatoms. The van der Waals surface area contributed by atoms with Gasteiger partial charge in [-0.1, -0.05) is 99.5 Å². The van der Waals surface area contributed by atoms with Crippen LogP contribution in [-0.2, 0) is 0 Å². The van der Waals surface area contributed by atoms with Crippen molar-refractivity contribution < 1.29 is 4.74 Å². The second-order valence-corrected chi connectivity index (χ2v) is 11.8. The molecule has 0 saturated heterocycles. The van der Waals surface area contributed by atoms with E-state index in [0.29, 0.717) is 11.3 Å². The normalized spacial score (nSPS) is 21.2. The number of nitrogens with zero attached hydrogens (tertiary/aromatic N) is 1. The van der Waals surface area contributed by atoms with E-state index in [4.69, 9.17) is 4.74 Å². The van der Waals surface area contributed by atoms with Crippen molar-refractivity contribution in [2.24, 2.45) is 11.3 Å². The Morgan fingerprint density at radius 1 is 0.868 bits per heavy atom. The van der Waals surface area contributed by atoms with Gasteiger partial charge >= 0.3 is 0 Å². The monoisotopic (exact) mass is 495 g/mol. The molecule has 2 atom stereocenters. The zero-order chi connectivity index (χ0) is 26.0.